The zero-order valence-corrected chi connectivity index (χ0v) is 14.6. The van der Waals surface area contributed by atoms with Crippen LogP contribution in [0.3, 0.4) is 0 Å². The summed E-state index contributed by atoms with van der Waals surface area (Å²) in [6.07, 6.45) is 0.361. The number of rotatable bonds is 3. The van der Waals surface area contributed by atoms with Crippen molar-refractivity contribution in [3.63, 3.8) is 0 Å². The highest BCUT2D eigenvalue weighted by Crippen LogP contribution is 2.32. The molecule has 0 radical (unpaired) electrons. The molecule has 0 N–H and O–H groups in total. The van der Waals surface area contributed by atoms with Gasteiger partial charge in [-0.05, 0) is 30.3 Å². The average molecular weight is 360 g/mol. The first-order chi connectivity index (χ1) is 13.2. The molecule has 8 nitrogen and oxygen atoms in total. The number of nitrogens with zero attached hydrogens (tertiary/aromatic N) is 6. The molecule has 1 amide bonds. The molecular weight excluding hydrogens is 344 g/mol. The topological polar surface area (TPSA) is 89.9 Å². The van der Waals surface area contributed by atoms with Gasteiger partial charge in [0.1, 0.15) is 5.52 Å². The Balaban J connectivity index is 1.41. The maximum atomic E-state index is 12.4. The zero-order chi connectivity index (χ0) is 18.4. The normalized spacial score (nSPS) is 17.1. The predicted octanol–water partition coefficient (Wildman–Crippen LogP) is 2.54. The molecule has 1 aliphatic rings. The van der Waals surface area contributed by atoms with E-state index in [-0.39, 0.29) is 11.8 Å². The van der Waals surface area contributed by atoms with E-state index in [0.29, 0.717) is 24.7 Å². The SMILES string of the molecule is Cn1nnc2cc(-c3noc(C4CC(=O)N(c5ccccc5)C4)n3)ccc21. The van der Waals surface area contributed by atoms with Crippen LogP contribution >= 0.6 is 0 Å². The number of hydrogen-bond acceptors (Lipinski definition) is 6. The van der Waals surface area contributed by atoms with E-state index >= 15 is 0 Å². The Labute approximate surface area is 154 Å². The Morgan fingerprint density at radius 1 is 1.15 bits per heavy atom. The van der Waals surface area contributed by atoms with Crippen LogP contribution in [0.2, 0.25) is 0 Å². The second-order valence-corrected chi connectivity index (χ2v) is 6.61. The molecule has 8 heteroatoms. The third kappa shape index (κ3) is 2.66. The van der Waals surface area contributed by atoms with Gasteiger partial charge in [0.15, 0.2) is 0 Å². The lowest BCUT2D eigenvalue weighted by Gasteiger charge is -2.15. The van der Waals surface area contributed by atoms with Crippen molar-refractivity contribution in [1.29, 1.82) is 0 Å². The fourth-order valence-electron chi connectivity index (χ4n) is 3.43. The Bertz CT molecular complexity index is 1130. The van der Waals surface area contributed by atoms with Crippen molar-refractivity contribution in [2.24, 2.45) is 7.05 Å². The summed E-state index contributed by atoms with van der Waals surface area (Å²) in [4.78, 5) is 18.7. The van der Waals surface area contributed by atoms with Gasteiger partial charge in [-0.1, -0.05) is 28.6 Å². The van der Waals surface area contributed by atoms with Crippen LogP contribution in [0.4, 0.5) is 5.69 Å². The summed E-state index contributed by atoms with van der Waals surface area (Å²) in [5, 5.41) is 12.2. The van der Waals surface area contributed by atoms with Gasteiger partial charge >= 0.3 is 0 Å². The Morgan fingerprint density at radius 2 is 2.00 bits per heavy atom. The molecule has 2 aromatic heterocycles. The molecule has 0 bridgehead atoms. The zero-order valence-electron chi connectivity index (χ0n) is 14.6. The first kappa shape index (κ1) is 15.7. The summed E-state index contributed by atoms with van der Waals surface area (Å²) in [5.41, 5.74) is 3.40. The van der Waals surface area contributed by atoms with Gasteiger partial charge in [0.05, 0.1) is 11.4 Å². The van der Waals surface area contributed by atoms with Crippen molar-refractivity contribution in [1.82, 2.24) is 25.1 Å². The molecule has 0 spiro atoms. The van der Waals surface area contributed by atoms with Gasteiger partial charge in [-0.3, -0.25) is 4.79 Å². The molecule has 3 heterocycles. The third-order valence-corrected chi connectivity index (χ3v) is 4.85. The molecule has 1 saturated heterocycles. The third-order valence-electron chi connectivity index (χ3n) is 4.85. The minimum atomic E-state index is -0.112. The van der Waals surface area contributed by atoms with Crippen LogP contribution in [0.15, 0.2) is 53.1 Å². The van der Waals surface area contributed by atoms with Gasteiger partial charge in [0, 0.05) is 31.3 Å². The standard InChI is InChI=1S/C19H16N6O2/c1-24-16-8-7-12(9-15(16)21-23-24)18-20-19(27-22-18)13-10-17(26)25(11-13)14-5-3-2-4-6-14/h2-9,13H,10-11H2,1H3. The highest BCUT2D eigenvalue weighted by molar-refractivity contribution is 5.96. The average Bonchev–Trinajstić information content (AvgIpc) is 3.41. The Morgan fingerprint density at radius 3 is 2.85 bits per heavy atom. The van der Waals surface area contributed by atoms with Gasteiger partial charge in [-0.25, -0.2) is 4.68 Å². The minimum Gasteiger partial charge on any atom is -0.339 e. The molecule has 1 aliphatic heterocycles. The molecule has 27 heavy (non-hydrogen) atoms. The van der Waals surface area contributed by atoms with E-state index in [4.69, 9.17) is 4.52 Å². The van der Waals surface area contributed by atoms with Gasteiger partial charge in [0.2, 0.25) is 17.6 Å². The fraction of sp³-hybridized carbons (Fsp3) is 0.211. The van der Waals surface area contributed by atoms with Gasteiger partial charge in [-0.2, -0.15) is 4.98 Å². The molecule has 0 saturated carbocycles. The molecule has 134 valence electrons. The minimum absolute atomic E-state index is 0.0620. The molecule has 0 aliphatic carbocycles. The molecule has 1 unspecified atom stereocenters. The fourth-order valence-corrected chi connectivity index (χ4v) is 3.43. The van der Waals surface area contributed by atoms with Gasteiger partial charge in [0.25, 0.3) is 0 Å². The number of carbonyl (C=O) groups is 1. The van der Waals surface area contributed by atoms with Crippen LogP contribution in [0.5, 0.6) is 0 Å². The second kappa shape index (κ2) is 6.01. The first-order valence-corrected chi connectivity index (χ1v) is 8.68. The lowest BCUT2D eigenvalue weighted by atomic mass is 10.1. The van der Waals surface area contributed by atoms with Crippen LogP contribution in [-0.4, -0.2) is 37.6 Å². The smallest absolute Gasteiger partial charge is 0.232 e. The van der Waals surface area contributed by atoms with E-state index < -0.39 is 0 Å². The molecule has 4 aromatic rings. The van der Waals surface area contributed by atoms with Crippen LogP contribution in [0.1, 0.15) is 18.2 Å². The number of benzene rings is 2. The van der Waals surface area contributed by atoms with Gasteiger partial charge in [-0.15, -0.1) is 5.10 Å². The van der Waals surface area contributed by atoms with E-state index in [0.717, 1.165) is 22.3 Å². The van der Waals surface area contributed by atoms with Gasteiger partial charge < -0.3 is 9.42 Å². The Hall–Kier alpha value is -3.55. The van der Waals surface area contributed by atoms with Crippen molar-refractivity contribution in [2.45, 2.75) is 12.3 Å². The molecule has 1 fully saturated rings. The van der Waals surface area contributed by atoms with E-state index in [1.165, 1.54) is 0 Å². The van der Waals surface area contributed by atoms with Crippen LogP contribution in [0, 0.1) is 0 Å². The number of aromatic nitrogens is 5. The maximum Gasteiger partial charge on any atom is 0.232 e. The number of amides is 1. The second-order valence-electron chi connectivity index (χ2n) is 6.61. The summed E-state index contributed by atoms with van der Waals surface area (Å²) in [6, 6.07) is 15.3. The molecular formula is C19H16N6O2. The van der Waals surface area contributed by atoms with Crippen LogP contribution in [0.25, 0.3) is 22.4 Å². The van der Waals surface area contributed by atoms with Crippen LogP contribution < -0.4 is 4.90 Å². The van der Waals surface area contributed by atoms with Crippen molar-refractivity contribution in [3.05, 3.63) is 54.4 Å². The lowest BCUT2D eigenvalue weighted by molar-refractivity contribution is -0.117. The van der Waals surface area contributed by atoms with Crippen molar-refractivity contribution < 1.29 is 9.32 Å². The van der Waals surface area contributed by atoms with E-state index in [2.05, 4.69) is 20.5 Å². The number of anilines is 1. The maximum absolute atomic E-state index is 12.4. The quantitative estimate of drug-likeness (QED) is 0.558. The largest absolute Gasteiger partial charge is 0.339 e. The highest BCUT2D eigenvalue weighted by atomic mass is 16.5. The number of aryl methyl sites for hydroxylation is 1. The number of hydrogen-bond donors (Lipinski definition) is 0. The molecule has 5 rings (SSSR count). The number of fused-ring (bicyclic) bond motifs is 1. The summed E-state index contributed by atoms with van der Waals surface area (Å²) in [7, 11) is 1.84. The summed E-state index contributed by atoms with van der Waals surface area (Å²) < 4.78 is 7.18. The van der Waals surface area contributed by atoms with Crippen molar-refractivity contribution >= 4 is 22.6 Å². The van der Waals surface area contributed by atoms with Crippen molar-refractivity contribution in [3.8, 4) is 11.4 Å². The van der Waals surface area contributed by atoms with Crippen LogP contribution in [-0.2, 0) is 11.8 Å². The van der Waals surface area contributed by atoms with E-state index in [1.807, 2.05) is 55.6 Å². The monoisotopic (exact) mass is 360 g/mol. The lowest BCUT2D eigenvalue weighted by Crippen LogP contribution is -2.24. The Kier molecular flexibility index (Phi) is 3.49. The summed E-state index contributed by atoms with van der Waals surface area (Å²) in [5.74, 6) is 0.922. The number of carbonyl (C=O) groups excluding carboxylic acids is 1. The molecule has 2 aromatic carbocycles. The van der Waals surface area contributed by atoms with E-state index in [1.54, 1.807) is 9.58 Å². The highest BCUT2D eigenvalue weighted by Gasteiger charge is 2.35. The predicted molar refractivity (Wildman–Crippen MR) is 98.0 cm³/mol. The summed E-state index contributed by atoms with van der Waals surface area (Å²) >= 11 is 0. The first-order valence-electron chi connectivity index (χ1n) is 8.68. The van der Waals surface area contributed by atoms with E-state index in [9.17, 15) is 4.79 Å². The molecule has 1 atom stereocenters. The number of para-hydroxylation sites is 1. The summed E-state index contributed by atoms with van der Waals surface area (Å²) in [6.45, 7) is 0.535. The van der Waals surface area contributed by atoms with Crippen molar-refractivity contribution in [2.75, 3.05) is 11.4 Å².